The number of fused-ring (bicyclic) bond motifs is 1. The minimum Gasteiger partial charge on any atom is -0.307 e. The Hall–Kier alpha value is -0.780. The molecule has 3 nitrogen and oxygen atoms in total. The number of allylic oxidation sites excluding steroid dienone is 1. The van der Waals surface area contributed by atoms with Gasteiger partial charge in [0, 0.05) is 16.0 Å². The molecule has 0 saturated heterocycles. The smallest absolute Gasteiger partial charge is 0.105 e. The van der Waals surface area contributed by atoms with E-state index in [0.717, 1.165) is 33.5 Å². The molecule has 0 aliphatic heterocycles. The molecule has 108 valence electrons. The van der Waals surface area contributed by atoms with Gasteiger partial charge in [0.1, 0.15) is 5.50 Å². The van der Waals surface area contributed by atoms with Gasteiger partial charge in [0.15, 0.2) is 0 Å². The average Bonchev–Trinajstić information content (AvgIpc) is 2.34. The number of para-hydroxylation sites is 1. The van der Waals surface area contributed by atoms with Crippen LogP contribution in [0.3, 0.4) is 0 Å². The van der Waals surface area contributed by atoms with Crippen LogP contribution >= 0.6 is 35.8 Å². The summed E-state index contributed by atoms with van der Waals surface area (Å²) in [7, 11) is 0. The van der Waals surface area contributed by atoms with Crippen LogP contribution in [0.1, 0.15) is 11.3 Å². The van der Waals surface area contributed by atoms with Gasteiger partial charge in [-0.15, -0.1) is 19.0 Å². The predicted molar refractivity (Wildman–Crippen MR) is 90.7 cm³/mol. The zero-order valence-corrected chi connectivity index (χ0v) is 13.5. The molecule has 0 atom stereocenters. The Bertz CT molecular complexity index is 629. The van der Waals surface area contributed by atoms with Gasteiger partial charge in [-0.3, -0.25) is 4.98 Å². The lowest BCUT2D eigenvalue weighted by Crippen LogP contribution is -2.26. The summed E-state index contributed by atoms with van der Waals surface area (Å²) in [5.41, 5.74) is 13.8. The molecule has 1 aromatic carbocycles. The van der Waals surface area contributed by atoms with E-state index < -0.39 is 5.50 Å². The summed E-state index contributed by atoms with van der Waals surface area (Å²) in [5, 5.41) is 1.62. The van der Waals surface area contributed by atoms with Gasteiger partial charge in [-0.05, 0) is 25.0 Å². The maximum absolute atomic E-state index is 6.21. The van der Waals surface area contributed by atoms with E-state index in [9.17, 15) is 0 Å². The first kappa shape index (κ1) is 17.3. The zero-order valence-electron chi connectivity index (χ0n) is 11.1. The van der Waals surface area contributed by atoms with Crippen molar-refractivity contribution in [2.75, 3.05) is 0 Å². The number of hydrogen-bond acceptors (Lipinski definition) is 4. The Balaban J connectivity index is 0.00000200. The number of aryl methyl sites for hydroxylation is 1. The van der Waals surface area contributed by atoms with Gasteiger partial charge in [0.2, 0.25) is 0 Å². The Morgan fingerprint density at radius 3 is 2.75 bits per heavy atom. The van der Waals surface area contributed by atoms with E-state index in [0.29, 0.717) is 5.02 Å². The fourth-order valence-corrected chi connectivity index (χ4v) is 3.18. The molecule has 0 radical (unpaired) electrons. The van der Waals surface area contributed by atoms with Crippen LogP contribution in [0.15, 0.2) is 35.7 Å². The third-order valence-corrected chi connectivity index (χ3v) is 4.10. The Morgan fingerprint density at radius 2 is 2.15 bits per heavy atom. The van der Waals surface area contributed by atoms with E-state index in [4.69, 9.17) is 23.1 Å². The molecule has 0 spiro atoms. The van der Waals surface area contributed by atoms with Gasteiger partial charge in [0.25, 0.3) is 0 Å². The van der Waals surface area contributed by atoms with Gasteiger partial charge >= 0.3 is 0 Å². The molecule has 6 heteroatoms. The van der Waals surface area contributed by atoms with Crippen LogP contribution in [0.25, 0.3) is 10.9 Å². The van der Waals surface area contributed by atoms with E-state index >= 15 is 0 Å². The highest BCUT2D eigenvalue weighted by Crippen LogP contribution is 2.35. The average molecular weight is 330 g/mol. The van der Waals surface area contributed by atoms with Gasteiger partial charge in [-0.25, -0.2) is 0 Å². The summed E-state index contributed by atoms with van der Waals surface area (Å²) in [6.45, 7) is 5.76. The van der Waals surface area contributed by atoms with Crippen molar-refractivity contribution >= 4 is 46.7 Å². The molecule has 0 fully saturated rings. The van der Waals surface area contributed by atoms with E-state index in [1.165, 1.54) is 11.8 Å². The van der Waals surface area contributed by atoms with Crippen LogP contribution in [-0.4, -0.2) is 10.5 Å². The lowest BCUT2D eigenvalue weighted by molar-refractivity contribution is 0.981. The SMILES string of the molecule is C=CCc1c(C)nc2c(Cl)cccc2c1SC(N)N.Cl. The van der Waals surface area contributed by atoms with E-state index in [1.807, 2.05) is 31.2 Å². The molecule has 4 N–H and O–H groups in total. The van der Waals surface area contributed by atoms with Crippen molar-refractivity contribution in [2.45, 2.75) is 23.7 Å². The maximum atomic E-state index is 6.21. The number of benzene rings is 1. The Kier molecular flexibility index (Phi) is 6.30. The lowest BCUT2D eigenvalue weighted by atomic mass is 10.1. The van der Waals surface area contributed by atoms with Crippen molar-refractivity contribution in [1.29, 1.82) is 0 Å². The van der Waals surface area contributed by atoms with Crippen LogP contribution in [0.5, 0.6) is 0 Å². The molecule has 0 bridgehead atoms. The highest BCUT2D eigenvalue weighted by molar-refractivity contribution is 8.00. The number of aromatic nitrogens is 1. The molecule has 0 aliphatic carbocycles. The van der Waals surface area contributed by atoms with Crippen molar-refractivity contribution in [3.8, 4) is 0 Å². The van der Waals surface area contributed by atoms with E-state index in [-0.39, 0.29) is 12.4 Å². The van der Waals surface area contributed by atoms with Gasteiger partial charge in [0.05, 0.1) is 10.5 Å². The highest BCUT2D eigenvalue weighted by Gasteiger charge is 2.15. The predicted octanol–water partition coefficient (Wildman–Crippen LogP) is 3.64. The van der Waals surface area contributed by atoms with Crippen LogP contribution < -0.4 is 11.5 Å². The summed E-state index contributed by atoms with van der Waals surface area (Å²) in [4.78, 5) is 5.63. The van der Waals surface area contributed by atoms with Crippen molar-refractivity contribution < 1.29 is 0 Å². The molecule has 0 aliphatic rings. The van der Waals surface area contributed by atoms with Crippen molar-refractivity contribution in [3.63, 3.8) is 0 Å². The largest absolute Gasteiger partial charge is 0.307 e. The van der Waals surface area contributed by atoms with Gasteiger partial charge in [-0.1, -0.05) is 41.6 Å². The number of nitrogens with zero attached hydrogens (tertiary/aromatic N) is 1. The van der Waals surface area contributed by atoms with Crippen molar-refractivity contribution in [2.24, 2.45) is 11.5 Å². The number of rotatable bonds is 4. The normalized spacial score (nSPS) is 10.7. The minimum atomic E-state index is -0.479. The lowest BCUT2D eigenvalue weighted by Gasteiger charge is -2.16. The minimum absolute atomic E-state index is 0. The molecule has 1 heterocycles. The fraction of sp³-hybridized carbons (Fsp3) is 0.214. The summed E-state index contributed by atoms with van der Waals surface area (Å²) in [6, 6.07) is 5.73. The second-order valence-corrected chi connectivity index (χ2v) is 5.81. The molecular weight excluding hydrogens is 313 g/mol. The third-order valence-electron chi connectivity index (χ3n) is 2.82. The van der Waals surface area contributed by atoms with Gasteiger partial charge in [-0.2, -0.15) is 0 Å². The van der Waals surface area contributed by atoms with Crippen molar-refractivity contribution in [1.82, 2.24) is 4.98 Å². The van der Waals surface area contributed by atoms with E-state index in [2.05, 4.69) is 11.6 Å². The molecule has 0 amide bonds. The van der Waals surface area contributed by atoms with Crippen LogP contribution in [0.4, 0.5) is 0 Å². The summed E-state index contributed by atoms with van der Waals surface area (Å²) >= 11 is 7.64. The Morgan fingerprint density at radius 1 is 1.45 bits per heavy atom. The molecule has 0 unspecified atom stereocenters. The summed E-state index contributed by atoms with van der Waals surface area (Å²) in [5.74, 6) is 0. The second-order valence-electron chi connectivity index (χ2n) is 4.22. The van der Waals surface area contributed by atoms with Crippen molar-refractivity contribution in [3.05, 3.63) is 47.1 Å². The van der Waals surface area contributed by atoms with Crippen LogP contribution in [0, 0.1) is 6.92 Å². The first-order valence-corrected chi connectivity index (χ1v) is 7.16. The first-order chi connectivity index (χ1) is 9.04. The van der Waals surface area contributed by atoms with Gasteiger partial charge < -0.3 is 11.5 Å². The molecular formula is C14H17Cl2N3S. The zero-order chi connectivity index (χ0) is 14.0. The quantitative estimate of drug-likeness (QED) is 0.510. The summed E-state index contributed by atoms with van der Waals surface area (Å²) in [6.07, 6.45) is 2.59. The summed E-state index contributed by atoms with van der Waals surface area (Å²) < 4.78 is 0. The van der Waals surface area contributed by atoms with Crippen LogP contribution in [0.2, 0.25) is 5.02 Å². The number of hydrogen-bond donors (Lipinski definition) is 2. The second kappa shape index (κ2) is 7.29. The fourth-order valence-electron chi connectivity index (χ4n) is 2.03. The topological polar surface area (TPSA) is 64.9 Å². The van der Waals surface area contributed by atoms with E-state index in [1.54, 1.807) is 0 Å². The molecule has 20 heavy (non-hydrogen) atoms. The monoisotopic (exact) mass is 329 g/mol. The number of nitrogens with two attached hydrogens (primary N) is 2. The molecule has 0 saturated carbocycles. The molecule has 2 aromatic rings. The highest BCUT2D eigenvalue weighted by atomic mass is 35.5. The molecule has 1 aromatic heterocycles. The maximum Gasteiger partial charge on any atom is 0.105 e. The van der Waals surface area contributed by atoms with Crippen LogP contribution in [-0.2, 0) is 6.42 Å². The number of pyridine rings is 1. The molecule has 2 rings (SSSR count). The Labute approximate surface area is 134 Å². The third kappa shape index (κ3) is 3.45. The standard InChI is InChI=1S/C14H16ClN3S.ClH/c1-3-5-9-8(2)18-12-10(6-4-7-11(12)15)13(9)19-14(16)17;/h3-4,6-7,14H,1,5,16-17H2,2H3;1H. The first-order valence-electron chi connectivity index (χ1n) is 5.91. The number of halogens is 2. The number of thioether (sulfide) groups is 1.